The fourth-order valence-electron chi connectivity index (χ4n) is 1.62. The van der Waals surface area contributed by atoms with Crippen LogP contribution in [-0.2, 0) is 0 Å². The van der Waals surface area contributed by atoms with Crippen LogP contribution in [-0.4, -0.2) is 22.3 Å². The van der Waals surface area contributed by atoms with Gasteiger partial charge in [0.15, 0.2) is 5.78 Å². The van der Waals surface area contributed by atoms with Crippen LogP contribution in [0.3, 0.4) is 0 Å². The van der Waals surface area contributed by atoms with Crippen LogP contribution in [0.25, 0.3) is 10.9 Å². The highest BCUT2D eigenvalue weighted by Gasteiger charge is 2.06. The number of Topliss-reactive ketones (excluding diaryl/α,β-unsaturated/α-hetero) is 1. The first kappa shape index (κ1) is 12.1. The Balaban J connectivity index is 2.15. The van der Waals surface area contributed by atoms with E-state index in [1.54, 1.807) is 18.0 Å². The molecule has 0 aliphatic heterocycles. The summed E-state index contributed by atoms with van der Waals surface area (Å²) in [5.74, 6) is 1.75. The van der Waals surface area contributed by atoms with Crippen molar-refractivity contribution in [2.45, 2.75) is 13.3 Å². The molecule has 0 bridgehead atoms. The molecule has 0 unspecified atom stereocenters. The molecule has 0 N–H and O–H groups in total. The fraction of sp³-hybridized carbons (Fsp3) is 0.286. The molecule has 17 heavy (non-hydrogen) atoms. The minimum Gasteiger partial charge on any atom is -0.293 e. The van der Waals surface area contributed by atoms with Crippen molar-refractivity contribution in [1.29, 1.82) is 0 Å². The summed E-state index contributed by atoms with van der Waals surface area (Å²) in [5.41, 5.74) is 1.65. The van der Waals surface area contributed by atoms with E-state index in [2.05, 4.69) is 11.9 Å². The zero-order valence-corrected chi connectivity index (χ0v) is 10.7. The molecule has 88 valence electrons. The van der Waals surface area contributed by atoms with E-state index in [-0.39, 0.29) is 5.78 Å². The first-order chi connectivity index (χ1) is 8.31. The van der Waals surface area contributed by atoms with Gasteiger partial charge in [0, 0.05) is 17.1 Å². The predicted octanol–water partition coefficient (Wildman–Crippen LogP) is 3.56. The Morgan fingerprint density at radius 1 is 1.35 bits per heavy atom. The van der Waals surface area contributed by atoms with Gasteiger partial charge in [-0.2, -0.15) is 11.8 Å². The Hall–Kier alpha value is -1.35. The molecule has 0 saturated carbocycles. The standard InChI is InChI=1S/C14H15NOS/c1-2-7-17-10-14(16)12-8-11-5-3-4-6-13(11)15-9-12/h3-6,8-9H,2,7,10H2,1H3. The molecule has 0 saturated heterocycles. The van der Waals surface area contributed by atoms with E-state index >= 15 is 0 Å². The Bertz CT molecular complexity index is 524. The molecular weight excluding hydrogens is 230 g/mol. The van der Waals surface area contributed by atoms with E-state index in [4.69, 9.17) is 0 Å². The maximum Gasteiger partial charge on any atom is 0.174 e. The van der Waals surface area contributed by atoms with Gasteiger partial charge >= 0.3 is 0 Å². The van der Waals surface area contributed by atoms with Gasteiger partial charge in [-0.25, -0.2) is 0 Å². The Kier molecular flexibility index (Phi) is 4.15. The van der Waals surface area contributed by atoms with Crippen molar-refractivity contribution >= 4 is 28.4 Å². The number of nitrogens with zero attached hydrogens (tertiary/aromatic N) is 1. The summed E-state index contributed by atoms with van der Waals surface area (Å²) < 4.78 is 0. The predicted molar refractivity (Wildman–Crippen MR) is 73.7 cm³/mol. The van der Waals surface area contributed by atoms with Crippen molar-refractivity contribution in [3.8, 4) is 0 Å². The summed E-state index contributed by atoms with van der Waals surface area (Å²) in [6.07, 6.45) is 2.78. The number of ketones is 1. The monoisotopic (exact) mass is 245 g/mol. The van der Waals surface area contributed by atoms with E-state index in [1.165, 1.54) is 0 Å². The van der Waals surface area contributed by atoms with Crippen molar-refractivity contribution in [3.05, 3.63) is 42.1 Å². The highest BCUT2D eigenvalue weighted by Crippen LogP contribution is 2.14. The van der Waals surface area contributed by atoms with Gasteiger partial charge in [0.2, 0.25) is 0 Å². The number of thioether (sulfide) groups is 1. The summed E-state index contributed by atoms with van der Waals surface area (Å²) in [7, 11) is 0. The minimum absolute atomic E-state index is 0.168. The summed E-state index contributed by atoms with van der Waals surface area (Å²) in [6, 6.07) is 9.78. The summed E-state index contributed by atoms with van der Waals surface area (Å²) in [4.78, 5) is 16.2. The summed E-state index contributed by atoms with van der Waals surface area (Å²) >= 11 is 1.68. The fourth-order valence-corrected chi connectivity index (χ4v) is 2.40. The molecule has 3 heteroatoms. The second kappa shape index (κ2) is 5.82. The van der Waals surface area contributed by atoms with Crippen LogP contribution in [0.5, 0.6) is 0 Å². The number of hydrogen-bond acceptors (Lipinski definition) is 3. The molecule has 0 aliphatic carbocycles. The van der Waals surface area contributed by atoms with Crippen molar-refractivity contribution in [2.75, 3.05) is 11.5 Å². The number of hydrogen-bond donors (Lipinski definition) is 0. The van der Waals surface area contributed by atoms with Gasteiger partial charge in [0.05, 0.1) is 11.3 Å². The van der Waals surface area contributed by atoms with Crippen molar-refractivity contribution in [3.63, 3.8) is 0 Å². The Labute approximate surface area is 105 Å². The van der Waals surface area contributed by atoms with Crippen LogP contribution in [0.2, 0.25) is 0 Å². The van der Waals surface area contributed by atoms with Gasteiger partial charge in [-0.3, -0.25) is 9.78 Å². The van der Waals surface area contributed by atoms with Crippen LogP contribution in [0.15, 0.2) is 36.5 Å². The van der Waals surface area contributed by atoms with E-state index in [0.29, 0.717) is 11.3 Å². The van der Waals surface area contributed by atoms with Crippen LogP contribution in [0, 0.1) is 0 Å². The Morgan fingerprint density at radius 3 is 3.00 bits per heavy atom. The number of pyridine rings is 1. The normalized spacial score (nSPS) is 10.6. The van der Waals surface area contributed by atoms with Gasteiger partial charge in [0.25, 0.3) is 0 Å². The number of aromatic nitrogens is 1. The average molecular weight is 245 g/mol. The zero-order chi connectivity index (χ0) is 12.1. The SMILES string of the molecule is CCCSCC(=O)c1cnc2ccccc2c1. The van der Waals surface area contributed by atoms with E-state index in [1.807, 2.05) is 30.3 Å². The van der Waals surface area contributed by atoms with Crippen LogP contribution < -0.4 is 0 Å². The first-order valence-electron chi connectivity index (χ1n) is 5.77. The average Bonchev–Trinajstić information content (AvgIpc) is 2.38. The van der Waals surface area contributed by atoms with Crippen molar-refractivity contribution in [1.82, 2.24) is 4.98 Å². The molecule has 1 heterocycles. The molecule has 2 aromatic rings. The number of benzene rings is 1. The van der Waals surface area contributed by atoms with Crippen molar-refractivity contribution < 1.29 is 4.79 Å². The van der Waals surface area contributed by atoms with Gasteiger partial charge in [-0.05, 0) is 24.3 Å². The van der Waals surface area contributed by atoms with E-state index < -0.39 is 0 Å². The number of carbonyl (C=O) groups excluding carboxylic acids is 1. The highest BCUT2D eigenvalue weighted by molar-refractivity contribution is 7.99. The topological polar surface area (TPSA) is 30.0 Å². The molecule has 0 fully saturated rings. The molecular formula is C14H15NOS. The first-order valence-corrected chi connectivity index (χ1v) is 6.92. The van der Waals surface area contributed by atoms with Crippen LogP contribution in [0.4, 0.5) is 0 Å². The smallest absolute Gasteiger partial charge is 0.174 e. The molecule has 0 amide bonds. The lowest BCUT2D eigenvalue weighted by atomic mass is 10.1. The third-order valence-corrected chi connectivity index (χ3v) is 3.66. The van der Waals surface area contributed by atoms with E-state index in [0.717, 1.165) is 23.1 Å². The largest absolute Gasteiger partial charge is 0.293 e. The molecule has 0 radical (unpaired) electrons. The van der Waals surface area contributed by atoms with Crippen LogP contribution >= 0.6 is 11.8 Å². The summed E-state index contributed by atoms with van der Waals surface area (Å²) in [6.45, 7) is 2.12. The van der Waals surface area contributed by atoms with Gasteiger partial charge in [-0.1, -0.05) is 25.1 Å². The summed E-state index contributed by atoms with van der Waals surface area (Å²) in [5, 5.41) is 1.03. The Morgan fingerprint density at radius 2 is 2.18 bits per heavy atom. The lowest BCUT2D eigenvalue weighted by Gasteiger charge is -2.02. The number of fused-ring (bicyclic) bond motifs is 1. The molecule has 0 atom stereocenters. The highest BCUT2D eigenvalue weighted by atomic mass is 32.2. The van der Waals surface area contributed by atoms with Gasteiger partial charge in [0.1, 0.15) is 0 Å². The maximum atomic E-state index is 11.9. The van der Waals surface area contributed by atoms with E-state index in [9.17, 15) is 4.79 Å². The molecule has 0 spiro atoms. The molecule has 0 aliphatic rings. The van der Waals surface area contributed by atoms with Crippen molar-refractivity contribution in [2.24, 2.45) is 0 Å². The molecule has 1 aromatic carbocycles. The second-order valence-corrected chi connectivity index (χ2v) is 5.00. The van der Waals surface area contributed by atoms with Crippen LogP contribution in [0.1, 0.15) is 23.7 Å². The maximum absolute atomic E-state index is 11.9. The zero-order valence-electron chi connectivity index (χ0n) is 9.85. The number of rotatable bonds is 5. The third kappa shape index (κ3) is 3.07. The second-order valence-electron chi connectivity index (χ2n) is 3.89. The lowest BCUT2D eigenvalue weighted by molar-refractivity contribution is 0.102. The molecule has 2 rings (SSSR count). The third-order valence-electron chi connectivity index (χ3n) is 2.49. The number of para-hydroxylation sites is 1. The quantitative estimate of drug-likeness (QED) is 0.596. The van der Waals surface area contributed by atoms with Gasteiger partial charge < -0.3 is 0 Å². The lowest BCUT2D eigenvalue weighted by Crippen LogP contribution is -2.03. The molecule has 1 aromatic heterocycles. The molecule has 2 nitrogen and oxygen atoms in total. The van der Waals surface area contributed by atoms with Gasteiger partial charge in [-0.15, -0.1) is 0 Å². The number of carbonyl (C=O) groups is 1. The minimum atomic E-state index is 0.168.